The molecule has 0 spiro atoms. The van der Waals surface area contributed by atoms with Gasteiger partial charge in [-0.25, -0.2) is 0 Å². The van der Waals surface area contributed by atoms with Crippen molar-refractivity contribution in [1.82, 2.24) is 0 Å². The van der Waals surface area contributed by atoms with E-state index in [2.05, 4.69) is 31.2 Å². The van der Waals surface area contributed by atoms with E-state index in [-0.39, 0.29) is 6.10 Å². The summed E-state index contributed by atoms with van der Waals surface area (Å²) in [7, 11) is 0. The van der Waals surface area contributed by atoms with Crippen LogP contribution in [0, 0.1) is 11.8 Å². The molecule has 0 aromatic heterocycles. The van der Waals surface area contributed by atoms with E-state index in [1.54, 1.807) is 0 Å². The van der Waals surface area contributed by atoms with Gasteiger partial charge in [0.15, 0.2) is 0 Å². The molecule has 2 aliphatic rings. The van der Waals surface area contributed by atoms with Crippen LogP contribution in [-0.2, 0) is 0 Å². The van der Waals surface area contributed by atoms with E-state index >= 15 is 0 Å². The van der Waals surface area contributed by atoms with Crippen molar-refractivity contribution in [2.45, 2.75) is 70.3 Å². The fourth-order valence-corrected chi connectivity index (χ4v) is 4.00. The molecule has 3 atom stereocenters. The molecule has 1 nitrogen and oxygen atoms in total. The van der Waals surface area contributed by atoms with Crippen LogP contribution in [0.15, 0.2) is 24.3 Å². The minimum Gasteiger partial charge on any atom is -0.388 e. The molecule has 110 valence electrons. The Bertz CT molecular complexity index is 435. The first-order valence-electron chi connectivity index (χ1n) is 8.56. The summed E-state index contributed by atoms with van der Waals surface area (Å²) in [5.41, 5.74) is 2.62. The lowest BCUT2D eigenvalue weighted by Crippen LogP contribution is -2.21. The number of aliphatic hydroxyl groups excluding tert-OH is 1. The third kappa shape index (κ3) is 2.93. The number of hydrogen-bond acceptors (Lipinski definition) is 1. The van der Waals surface area contributed by atoms with Crippen LogP contribution in [0.4, 0.5) is 0 Å². The van der Waals surface area contributed by atoms with Crippen molar-refractivity contribution in [3.63, 3.8) is 0 Å². The van der Waals surface area contributed by atoms with E-state index in [4.69, 9.17) is 0 Å². The van der Waals surface area contributed by atoms with Crippen molar-refractivity contribution in [2.75, 3.05) is 0 Å². The van der Waals surface area contributed by atoms with Gasteiger partial charge in [-0.15, -0.1) is 0 Å². The molecule has 1 aromatic carbocycles. The van der Waals surface area contributed by atoms with Gasteiger partial charge in [0, 0.05) is 0 Å². The first-order valence-corrected chi connectivity index (χ1v) is 8.56. The van der Waals surface area contributed by atoms with Crippen LogP contribution >= 0.6 is 0 Å². The highest BCUT2D eigenvalue weighted by Gasteiger charge is 2.28. The van der Waals surface area contributed by atoms with Gasteiger partial charge in [0.05, 0.1) is 6.10 Å². The molecule has 1 aromatic rings. The lowest BCUT2D eigenvalue weighted by Gasteiger charge is -2.32. The second-order valence-corrected chi connectivity index (χ2v) is 6.94. The van der Waals surface area contributed by atoms with Gasteiger partial charge in [0.25, 0.3) is 0 Å². The zero-order valence-corrected chi connectivity index (χ0v) is 12.7. The van der Waals surface area contributed by atoms with Gasteiger partial charge in [0.2, 0.25) is 0 Å². The fraction of sp³-hybridized carbons (Fsp3) is 0.684. The standard InChI is InChI=1S/C19H28O/c1-2-14-6-3-10-17(12-14)19(20)18-11-5-9-16(13-18)15-7-4-8-15/h5,9,11,13-15,17,19-20H,2-4,6-8,10,12H2,1H3. The van der Waals surface area contributed by atoms with Gasteiger partial charge in [0.1, 0.15) is 0 Å². The van der Waals surface area contributed by atoms with Crippen molar-refractivity contribution in [2.24, 2.45) is 11.8 Å². The first kappa shape index (κ1) is 14.1. The third-order valence-electron chi connectivity index (χ3n) is 5.68. The molecule has 0 bridgehead atoms. The number of hydrogen-bond donors (Lipinski definition) is 1. The summed E-state index contributed by atoms with van der Waals surface area (Å²) >= 11 is 0. The van der Waals surface area contributed by atoms with Gasteiger partial charge in [-0.3, -0.25) is 0 Å². The molecule has 0 aliphatic heterocycles. The molecular formula is C19H28O. The van der Waals surface area contributed by atoms with Gasteiger partial charge in [-0.2, -0.15) is 0 Å². The lowest BCUT2D eigenvalue weighted by atomic mass is 9.75. The van der Waals surface area contributed by atoms with E-state index in [0.717, 1.165) is 17.4 Å². The van der Waals surface area contributed by atoms with Crippen molar-refractivity contribution in [3.05, 3.63) is 35.4 Å². The maximum Gasteiger partial charge on any atom is 0.0818 e. The molecule has 0 radical (unpaired) electrons. The smallest absolute Gasteiger partial charge is 0.0818 e. The normalized spacial score (nSPS) is 28.9. The van der Waals surface area contributed by atoms with Crippen LogP contribution in [-0.4, -0.2) is 5.11 Å². The predicted molar refractivity (Wildman–Crippen MR) is 83.7 cm³/mol. The summed E-state index contributed by atoms with van der Waals surface area (Å²) in [5.74, 6) is 2.07. The highest BCUT2D eigenvalue weighted by Crippen LogP contribution is 2.40. The molecular weight excluding hydrogens is 244 g/mol. The number of rotatable bonds is 4. The minimum absolute atomic E-state index is 0.246. The molecule has 1 N–H and O–H groups in total. The summed E-state index contributed by atoms with van der Waals surface area (Å²) < 4.78 is 0. The molecule has 0 heterocycles. The van der Waals surface area contributed by atoms with Crippen LogP contribution in [0.2, 0.25) is 0 Å². The zero-order chi connectivity index (χ0) is 13.9. The fourth-order valence-electron chi connectivity index (χ4n) is 4.00. The SMILES string of the molecule is CCC1CCCC(C(O)c2cccc(C3CCC3)c2)C1. The average molecular weight is 272 g/mol. The Morgan fingerprint density at radius 3 is 2.65 bits per heavy atom. The Labute approximate surface area is 123 Å². The maximum atomic E-state index is 10.8. The Morgan fingerprint density at radius 2 is 1.95 bits per heavy atom. The van der Waals surface area contributed by atoms with Crippen LogP contribution < -0.4 is 0 Å². The molecule has 3 rings (SSSR count). The van der Waals surface area contributed by atoms with Gasteiger partial charge in [-0.1, -0.05) is 56.9 Å². The lowest BCUT2D eigenvalue weighted by molar-refractivity contribution is 0.0677. The highest BCUT2D eigenvalue weighted by atomic mass is 16.3. The maximum absolute atomic E-state index is 10.8. The van der Waals surface area contributed by atoms with Gasteiger partial charge < -0.3 is 5.11 Å². The predicted octanol–water partition coefficient (Wildman–Crippen LogP) is 5.20. The van der Waals surface area contributed by atoms with Crippen molar-refractivity contribution in [3.8, 4) is 0 Å². The van der Waals surface area contributed by atoms with Crippen LogP contribution in [0.25, 0.3) is 0 Å². The van der Waals surface area contributed by atoms with Crippen LogP contribution in [0.5, 0.6) is 0 Å². The second-order valence-electron chi connectivity index (χ2n) is 6.94. The molecule has 2 saturated carbocycles. The molecule has 2 aliphatic carbocycles. The Morgan fingerprint density at radius 1 is 1.15 bits per heavy atom. The van der Waals surface area contributed by atoms with Crippen LogP contribution in [0.3, 0.4) is 0 Å². The Balaban J connectivity index is 1.70. The minimum atomic E-state index is -0.246. The summed E-state index contributed by atoms with van der Waals surface area (Å²) in [6.07, 6.45) is 10.1. The van der Waals surface area contributed by atoms with E-state index in [9.17, 15) is 5.11 Å². The highest BCUT2D eigenvalue weighted by molar-refractivity contribution is 5.29. The number of aliphatic hydroxyl groups is 1. The molecule has 0 amide bonds. The Kier molecular flexibility index (Phi) is 4.45. The number of benzene rings is 1. The molecule has 20 heavy (non-hydrogen) atoms. The zero-order valence-electron chi connectivity index (χ0n) is 12.7. The molecule has 2 fully saturated rings. The summed E-state index contributed by atoms with van der Waals surface area (Å²) in [4.78, 5) is 0. The molecule has 0 saturated heterocycles. The Hall–Kier alpha value is -0.820. The topological polar surface area (TPSA) is 20.2 Å². The van der Waals surface area contributed by atoms with Crippen molar-refractivity contribution < 1.29 is 5.11 Å². The summed E-state index contributed by atoms with van der Waals surface area (Å²) in [5, 5.41) is 10.8. The van der Waals surface area contributed by atoms with Crippen molar-refractivity contribution in [1.29, 1.82) is 0 Å². The van der Waals surface area contributed by atoms with E-state index < -0.39 is 0 Å². The monoisotopic (exact) mass is 272 g/mol. The summed E-state index contributed by atoms with van der Waals surface area (Å²) in [6.45, 7) is 2.29. The quantitative estimate of drug-likeness (QED) is 0.798. The van der Waals surface area contributed by atoms with Gasteiger partial charge in [-0.05, 0) is 54.6 Å². The van der Waals surface area contributed by atoms with E-state index in [1.165, 1.54) is 56.9 Å². The van der Waals surface area contributed by atoms with Crippen molar-refractivity contribution >= 4 is 0 Å². The average Bonchev–Trinajstić information content (AvgIpc) is 2.45. The van der Waals surface area contributed by atoms with Gasteiger partial charge >= 0.3 is 0 Å². The van der Waals surface area contributed by atoms with E-state index in [0.29, 0.717) is 5.92 Å². The molecule has 1 heteroatoms. The van der Waals surface area contributed by atoms with E-state index in [1.807, 2.05) is 0 Å². The third-order valence-corrected chi connectivity index (χ3v) is 5.68. The van der Waals surface area contributed by atoms with Crippen LogP contribution in [0.1, 0.15) is 81.4 Å². The largest absolute Gasteiger partial charge is 0.388 e. The molecule has 3 unspecified atom stereocenters. The first-order chi connectivity index (χ1) is 9.78. The summed E-state index contributed by atoms with van der Waals surface area (Å²) in [6, 6.07) is 8.80. The second kappa shape index (κ2) is 6.30.